The molecule has 15 nitrogen and oxygen atoms in total. The first-order chi connectivity index (χ1) is 21.8. The molecule has 1 aliphatic heterocycles. The lowest BCUT2D eigenvalue weighted by atomic mass is 9.95. The van der Waals surface area contributed by atoms with Gasteiger partial charge in [-0.25, -0.2) is 4.79 Å². The summed E-state index contributed by atoms with van der Waals surface area (Å²) in [6.45, 7) is 0.856. The summed E-state index contributed by atoms with van der Waals surface area (Å²) in [6.07, 6.45) is -6.94. The van der Waals surface area contributed by atoms with Crippen molar-refractivity contribution < 1.29 is 53.5 Å². The summed E-state index contributed by atoms with van der Waals surface area (Å²) in [6, 6.07) is 14.1. The number of benzene rings is 2. The second-order valence-corrected chi connectivity index (χ2v) is 10.8. The van der Waals surface area contributed by atoms with Crippen LogP contribution in [0.15, 0.2) is 60.7 Å². The Balaban J connectivity index is 1.71. The van der Waals surface area contributed by atoms with Gasteiger partial charge in [-0.2, -0.15) is 0 Å². The van der Waals surface area contributed by atoms with Crippen LogP contribution in [0.4, 0.5) is 0 Å². The molecule has 1 fully saturated rings. The number of carbonyl (C=O) groups is 5. The number of esters is 1. The molecule has 1 unspecified atom stereocenters. The Kier molecular flexibility index (Phi) is 13.1. The van der Waals surface area contributed by atoms with Crippen molar-refractivity contribution >= 4 is 29.7 Å². The highest BCUT2D eigenvalue weighted by molar-refractivity contribution is 5.91. The molecule has 46 heavy (non-hydrogen) atoms. The molecule has 250 valence electrons. The van der Waals surface area contributed by atoms with Crippen LogP contribution in [0, 0.1) is 0 Å². The number of carbonyl (C=O) groups excluding carboxylic acids is 4. The normalized spacial score (nSPS) is 22.3. The third-order valence-electron chi connectivity index (χ3n) is 7.51. The molecular formula is C31H40N4O11. The number of aliphatic carboxylic acids is 1. The van der Waals surface area contributed by atoms with Crippen molar-refractivity contribution in [2.75, 3.05) is 13.2 Å². The number of nitrogens with two attached hydrogens (primary N) is 2. The lowest BCUT2D eigenvalue weighted by Crippen LogP contribution is -2.69. The van der Waals surface area contributed by atoms with Crippen molar-refractivity contribution in [1.82, 2.24) is 10.2 Å². The van der Waals surface area contributed by atoms with Crippen LogP contribution in [0.1, 0.15) is 43.9 Å². The first-order valence-corrected chi connectivity index (χ1v) is 14.6. The Bertz CT molecular complexity index is 1310. The summed E-state index contributed by atoms with van der Waals surface area (Å²) in [4.78, 5) is 63.3. The number of aliphatic hydroxyl groups is 2. The average molecular weight is 645 g/mol. The highest BCUT2D eigenvalue weighted by Gasteiger charge is 2.49. The molecule has 0 aromatic heterocycles. The predicted octanol–water partition coefficient (Wildman–Crippen LogP) is -0.818. The standard InChI is InChI=1S/C31H40N4O11/c1-17(35(18(2)37)31-25(32)28(44-16-23(38)39)26(41)22(15-36)45-31)30(43)34-21(29(33)42)13-14-24(40)46-27(19-9-5-3-6-10-19)20-11-7-4-8-12-20/h3-12,17,21-22,25-28,31,36,41H,13-16,32H2,1-2H3,(H2,33,42)(H,34,43)(H,38,39)/t17-,21+,22+,25+,26+,28+,31?/m0/s1. The summed E-state index contributed by atoms with van der Waals surface area (Å²) in [5, 5.41) is 31.7. The van der Waals surface area contributed by atoms with E-state index in [1.54, 1.807) is 0 Å². The minimum atomic E-state index is -1.55. The maximum Gasteiger partial charge on any atom is 0.329 e. The third kappa shape index (κ3) is 9.31. The Labute approximate surface area is 265 Å². The van der Waals surface area contributed by atoms with Gasteiger partial charge in [-0.3, -0.25) is 19.2 Å². The van der Waals surface area contributed by atoms with Gasteiger partial charge in [0.2, 0.25) is 17.7 Å². The van der Waals surface area contributed by atoms with Crippen molar-refractivity contribution in [3.05, 3.63) is 71.8 Å². The van der Waals surface area contributed by atoms with Crippen molar-refractivity contribution in [3.63, 3.8) is 0 Å². The van der Waals surface area contributed by atoms with Gasteiger partial charge >= 0.3 is 11.9 Å². The van der Waals surface area contributed by atoms with Gasteiger partial charge in [-0.15, -0.1) is 0 Å². The first-order valence-electron chi connectivity index (χ1n) is 14.6. The quantitative estimate of drug-likeness (QED) is 0.130. The smallest absolute Gasteiger partial charge is 0.329 e. The topological polar surface area (TPSA) is 241 Å². The van der Waals surface area contributed by atoms with Crippen LogP contribution in [0.25, 0.3) is 0 Å². The fourth-order valence-electron chi connectivity index (χ4n) is 5.14. The number of nitrogens with zero attached hydrogens (tertiary/aromatic N) is 1. The van der Waals surface area contributed by atoms with Crippen LogP contribution in [0.5, 0.6) is 0 Å². The van der Waals surface area contributed by atoms with E-state index in [4.69, 9.17) is 30.8 Å². The zero-order valence-corrected chi connectivity index (χ0v) is 25.4. The second kappa shape index (κ2) is 16.8. The number of rotatable bonds is 15. The Morgan fingerprint density at radius 2 is 1.59 bits per heavy atom. The van der Waals surface area contributed by atoms with Crippen molar-refractivity contribution in [2.45, 2.75) is 75.5 Å². The highest BCUT2D eigenvalue weighted by Crippen LogP contribution is 2.28. The van der Waals surface area contributed by atoms with Crippen LogP contribution in [-0.2, 0) is 38.2 Å². The van der Waals surface area contributed by atoms with Gasteiger partial charge in [-0.05, 0) is 24.5 Å². The van der Waals surface area contributed by atoms with Crippen LogP contribution in [0.2, 0.25) is 0 Å². The van der Waals surface area contributed by atoms with Gasteiger partial charge < -0.3 is 51.2 Å². The van der Waals surface area contributed by atoms with Gasteiger partial charge in [0.1, 0.15) is 37.0 Å². The molecule has 0 bridgehead atoms. The number of amides is 3. The number of nitrogens with one attached hydrogen (secondary N) is 1. The maximum absolute atomic E-state index is 13.3. The molecule has 15 heteroatoms. The van der Waals surface area contributed by atoms with E-state index in [1.165, 1.54) is 6.92 Å². The summed E-state index contributed by atoms with van der Waals surface area (Å²) in [5.74, 6) is -4.51. The number of primary amides is 1. The number of ether oxygens (including phenoxy) is 3. The summed E-state index contributed by atoms with van der Waals surface area (Å²) in [5.41, 5.74) is 13.2. The van der Waals surface area contributed by atoms with Crippen molar-refractivity contribution in [3.8, 4) is 0 Å². The van der Waals surface area contributed by atoms with E-state index in [9.17, 15) is 34.2 Å². The SMILES string of the molecule is CC(=O)N(C1O[C@H](CO)[C@@H](O)[C@H](OCC(=O)O)[C@H]1N)[C@@H](C)C(=O)N[C@H](CCC(=O)OC(c1ccccc1)c1ccccc1)C(N)=O. The molecular weight excluding hydrogens is 604 g/mol. The summed E-state index contributed by atoms with van der Waals surface area (Å²) < 4.78 is 16.6. The Morgan fingerprint density at radius 3 is 2.07 bits per heavy atom. The third-order valence-corrected chi connectivity index (χ3v) is 7.51. The van der Waals surface area contributed by atoms with Gasteiger partial charge in [0.05, 0.1) is 12.6 Å². The first kappa shape index (κ1) is 36.1. The molecule has 1 heterocycles. The average Bonchev–Trinajstić information content (AvgIpc) is 3.03. The van der Waals surface area contributed by atoms with E-state index in [0.717, 1.165) is 23.0 Å². The Morgan fingerprint density at radius 1 is 1.02 bits per heavy atom. The molecule has 0 radical (unpaired) electrons. The number of carboxylic acid groups (broad SMARTS) is 1. The molecule has 3 amide bonds. The molecule has 3 rings (SSSR count). The molecule has 1 saturated heterocycles. The molecule has 1 aliphatic rings. The second-order valence-electron chi connectivity index (χ2n) is 10.8. The lowest BCUT2D eigenvalue weighted by Gasteiger charge is -2.47. The van der Waals surface area contributed by atoms with Crippen LogP contribution in [0.3, 0.4) is 0 Å². The van der Waals surface area contributed by atoms with E-state index in [0.29, 0.717) is 0 Å². The molecule has 2 aromatic carbocycles. The zero-order valence-electron chi connectivity index (χ0n) is 25.4. The molecule has 7 atom stereocenters. The van der Waals surface area contributed by atoms with E-state index in [2.05, 4.69) is 5.32 Å². The van der Waals surface area contributed by atoms with Crippen LogP contribution in [-0.4, -0.2) is 106 Å². The summed E-state index contributed by atoms with van der Waals surface area (Å²) >= 11 is 0. The Hall–Kier alpha value is -4.41. The largest absolute Gasteiger partial charge is 0.480 e. The number of aliphatic hydroxyl groups excluding tert-OH is 2. The fraction of sp³-hybridized carbons (Fsp3) is 0.452. The molecule has 0 aliphatic carbocycles. The fourth-order valence-corrected chi connectivity index (χ4v) is 5.14. The number of hydrogen-bond donors (Lipinski definition) is 6. The van der Waals surface area contributed by atoms with E-state index in [1.807, 2.05) is 60.7 Å². The summed E-state index contributed by atoms with van der Waals surface area (Å²) in [7, 11) is 0. The van der Waals surface area contributed by atoms with Crippen molar-refractivity contribution in [2.24, 2.45) is 11.5 Å². The number of carboxylic acids is 1. The van der Waals surface area contributed by atoms with E-state index in [-0.39, 0.29) is 12.8 Å². The van der Waals surface area contributed by atoms with Gasteiger partial charge in [0.25, 0.3) is 0 Å². The van der Waals surface area contributed by atoms with E-state index >= 15 is 0 Å². The molecule has 2 aromatic rings. The minimum Gasteiger partial charge on any atom is -0.480 e. The number of hydrogen-bond acceptors (Lipinski definition) is 11. The van der Waals surface area contributed by atoms with Gasteiger partial charge in [-0.1, -0.05) is 60.7 Å². The van der Waals surface area contributed by atoms with Crippen LogP contribution >= 0.6 is 0 Å². The molecule has 8 N–H and O–H groups in total. The van der Waals surface area contributed by atoms with Crippen molar-refractivity contribution in [1.29, 1.82) is 0 Å². The van der Waals surface area contributed by atoms with Gasteiger partial charge in [0.15, 0.2) is 12.3 Å². The van der Waals surface area contributed by atoms with Crippen LogP contribution < -0.4 is 16.8 Å². The predicted molar refractivity (Wildman–Crippen MR) is 160 cm³/mol. The monoisotopic (exact) mass is 644 g/mol. The molecule has 0 spiro atoms. The lowest BCUT2D eigenvalue weighted by molar-refractivity contribution is -0.239. The van der Waals surface area contributed by atoms with Gasteiger partial charge in [0, 0.05) is 13.3 Å². The highest BCUT2D eigenvalue weighted by atomic mass is 16.6. The molecule has 0 saturated carbocycles. The maximum atomic E-state index is 13.3. The zero-order chi connectivity index (χ0) is 34.0. The minimum absolute atomic E-state index is 0.216. The van der Waals surface area contributed by atoms with E-state index < -0.39 is 91.6 Å².